The molecule has 0 atom stereocenters. The normalized spacial score (nSPS) is 11.9. The van der Waals surface area contributed by atoms with E-state index in [-0.39, 0.29) is 30.2 Å². The molecule has 0 radical (unpaired) electrons. The number of nitrogens with two attached hydrogens (primary N) is 2. The molecule has 2 aromatic rings. The number of carbonyl (C=O) groups is 2. The Kier molecular flexibility index (Phi) is 7.52. The van der Waals surface area contributed by atoms with Crippen molar-refractivity contribution in [3.63, 3.8) is 0 Å². The van der Waals surface area contributed by atoms with Crippen LogP contribution < -0.4 is 27.3 Å². The molecule has 1 heterocycles. The number of hydrogen-bond acceptors (Lipinski definition) is 7. The number of nitrogens with one attached hydrogen (secondary N) is 2. The predicted molar refractivity (Wildman–Crippen MR) is 122 cm³/mol. The van der Waals surface area contributed by atoms with Gasteiger partial charge >= 0.3 is 0 Å². The van der Waals surface area contributed by atoms with Crippen LogP contribution in [0.15, 0.2) is 29.4 Å². The second kappa shape index (κ2) is 9.68. The number of hydrazone groups is 1. The van der Waals surface area contributed by atoms with Crippen LogP contribution in [0.3, 0.4) is 0 Å². The summed E-state index contributed by atoms with van der Waals surface area (Å²) in [6, 6.07) is 6.64. The lowest BCUT2D eigenvalue weighted by molar-refractivity contribution is -0.116. The van der Waals surface area contributed by atoms with E-state index in [1.807, 2.05) is 6.92 Å². The van der Waals surface area contributed by atoms with Crippen LogP contribution in [0, 0.1) is 6.92 Å². The molecule has 1 aromatic carbocycles. The standard InChI is InChI=1S/C20H29N7O2S/c1-12-17(20(3,4)5)30-19(24-12)25-16(28)9-10-23-18(29)14-7-6-8-15(11-14)27(22)26-13(2)21/h6-8,11H,9-10,22H2,1-5H3,(H2,21,26)(H,23,29)(H,24,25,28). The lowest BCUT2D eigenvalue weighted by Gasteiger charge is -2.16. The van der Waals surface area contributed by atoms with Crippen molar-refractivity contribution in [1.82, 2.24) is 10.3 Å². The van der Waals surface area contributed by atoms with Gasteiger partial charge < -0.3 is 16.4 Å². The molecule has 0 bridgehead atoms. The molecule has 2 rings (SSSR count). The minimum Gasteiger partial charge on any atom is -0.386 e. The number of thiazole rings is 1. The molecule has 0 aliphatic carbocycles. The zero-order chi connectivity index (χ0) is 22.5. The van der Waals surface area contributed by atoms with E-state index in [9.17, 15) is 9.59 Å². The van der Waals surface area contributed by atoms with Gasteiger partial charge in [-0.1, -0.05) is 26.8 Å². The summed E-state index contributed by atoms with van der Waals surface area (Å²) in [5.74, 6) is 5.57. The predicted octanol–water partition coefficient (Wildman–Crippen LogP) is 2.48. The van der Waals surface area contributed by atoms with Gasteiger partial charge in [-0.3, -0.25) is 9.59 Å². The van der Waals surface area contributed by atoms with E-state index in [2.05, 4.69) is 41.5 Å². The Morgan fingerprint density at radius 1 is 1.30 bits per heavy atom. The van der Waals surface area contributed by atoms with E-state index >= 15 is 0 Å². The average molecular weight is 432 g/mol. The van der Waals surface area contributed by atoms with Crippen molar-refractivity contribution in [3.05, 3.63) is 40.4 Å². The molecule has 0 aliphatic heterocycles. The van der Waals surface area contributed by atoms with Crippen molar-refractivity contribution in [2.45, 2.75) is 46.5 Å². The summed E-state index contributed by atoms with van der Waals surface area (Å²) in [6.07, 6.45) is 0.134. The van der Waals surface area contributed by atoms with Crippen molar-refractivity contribution in [2.24, 2.45) is 16.7 Å². The van der Waals surface area contributed by atoms with E-state index in [1.165, 1.54) is 11.3 Å². The molecule has 9 nitrogen and oxygen atoms in total. The third kappa shape index (κ3) is 6.53. The van der Waals surface area contributed by atoms with E-state index in [0.29, 0.717) is 22.2 Å². The lowest BCUT2D eigenvalue weighted by Crippen LogP contribution is -2.29. The number of amides is 2. The van der Waals surface area contributed by atoms with Gasteiger partial charge in [0.25, 0.3) is 5.91 Å². The molecule has 2 amide bonds. The summed E-state index contributed by atoms with van der Waals surface area (Å²) in [7, 11) is 0. The summed E-state index contributed by atoms with van der Waals surface area (Å²) in [5, 5.41) is 11.1. The maximum atomic E-state index is 12.4. The monoisotopic (exact) mass is 431 g/mol. The van der Waals surface area contributed by atoms with E-state index in [0.717, 1.165) is 15.7 Å². The fourth-order valence-corrected chi connectivity index (χ4v) is 3.78. The highest BCUT2D eigenvalue weighted by molar-refractivity contribution is 7.16. The highest BCUT2D eigenvalue weighted by Gasteiger charge is 2.21. The molecular weight excluding hydrogens is 402 g/mol. The Hall–Kier alpha value is -2.98. The van der Waals surface area contributed by atoms with Crippen LogP contribution in [0.1, 0.15) is 55.0 Å². The fraction of sp³-hybridized carbons (Fsp3) is 0.400. The zero-order valence-electron chi connectivity index (χ0n) is 17.9. The van der Waals surface area contributed by atoms with Gasteiger partial charge in [0.05, 0.1) is 11.4 Å². The molecule has 0 saturated carbocycles. The number of anilines is 2. The van der Waals surface area contributed by atoms with E-state index in [1.54, 1.807) is 31.2 Å². The number of hydrazine groups is 1. The summed E-state index contributed by atoms with van der Waals surface area (Å²) in [4.78, 5) is 30.1. The first kappa shape index (κ1) is 23.3. The SMILES string of the molecule is C/C(N)=N/N(N)c1cccc(C(=O)NCCC(=O)Nc2nc(C)c(C(C)(C)C)s2)c1. The molecule has 162 valence electrons. The van der Waals surface area contributed by atoms with Gasteiger partial charge in [-0.25, -0.2) is 10.8 Å². The van der Waals surface area contributed by atoms with Gasteiger partial charge in [0, 0.05) is 23.4 Å². The summed E-state index contributed by atoms with van der Waals surface area (Å²) in [6.45, 7) is 10.1. The van der Waals surface area contributed by atoms with Gasteiger partial charge in [0.1, 0.15) is 5.84 Å². The van der Waals surface area contributed by atoms with Crippen LogP contribution in [0.25, 0.3) is 0 Å². The Balaban J connectivity index is 1.89. The number of rotatable bonds is 7. The van der Waals surface area contributed by atoms with Gasteiger partial charge in [0.2, 0.25) is 5.91 Å². The number of benzene rings is 1. The van der Waals surface area contributed by atoms with Crippen LogP contribution in [0.5, 0.6) is 0 Å². The van der Waals surface area contributed by atoms with Crippen molar-refractivity contribution in [3.8, 4) is 0 Å². The maximum absolute atomic E-state index is 12.4. The average Bonchev–Trinajstić information content (AvgIpc) is 3.01. The quantitative estimate of drug-likeness (QED) is 0.230. The number of aromatic nitrogens is 1. The summed E-state index contributed by atoms with van der Waals surface area (Å²) >= 11 is 1.47. The Morgan fingerprint density at radius 3 is 2.60 bits per heavy atom. The third-order valence-corrected chi connectivity index (χ3v) is 5.50. The Bertz CT molecular complexity index is 943. The van der Waals surface area contributed by atoms with Crippen molar-refractivity contribution < 1.29 is 9.59 Å². The lowest BCUT2D eigenvalue weighted by atomic mass is 9.94. The molecule has 0 saturated heterocycles. The van der Waals surface area contributed by atoms with Crippen LogP contribution in [-0.2, 0) is 10.2 Å². The highest BCUT2D eigenvalue weighted by Crippen LogP contribution is 2.33. The van der Waals surface area contributed by atoms with Crippen LogP contribution in [-0.4, -0.2) is 29.2 Å². The third-order valence-electron chi connectivity index (χ3n) is 4.00. The fourth-order valence-electron chi connectivity index (χ4n) is 2.74. The van der Waals surface area contributed by atoms with E-state index < -0.39 is 0 Å². The molecular formula is C20H29N7O2S. The number of amidine groups is 1. The largest absolute Gasteiger partial charge is 0.386 e. The van der Waals surface area contributed by atoms with Gasteiger partial charge in [-0.2, -0.15) is 5.12 Å². The zero-order valence-corrected chi connectivity index (χ0v) is 18.8. The number of aryl methyl sites for hydroxylation is 1. The Labute approximate surface area is 180 Å². The second-order valence-corrected chi connectivity index (χ2v) is 8.87. The van der Waals surface area contributed by atoms with Crippen LogP contribution in [0.4, 0.5) is 10.8 Å². The molecule has 10 heteroatoms. The van der Waals surface area contributed by atoms with Crippen molar-refractivity contribution in [2.75, 3.05) is 17.0 Å². The second-order valence-electron chi connectivity index (χ2n) is 7.87. The molecule has 30 heavy (non-hydrogen) atoms. The summed E-state index contributed by atoms with van der Waals surface area (Å²) < 4.78 is 0. The number of nitrogens with zero attached hydrogens (tertiary/aromatic N) is 3. The Morgan fingerprint density at radius 2 is 2.00 bits per heavy atom. The molecule has 0 unspecified atom stereocenters. The van der Waals surface area contributed by atoms with Crippen LogP contribution >= 0.6 is 11.3 Å². The van der Waals surface area contributed by atoms with Crippen molar-refractivity contribution >= 4 is 39.8 Å². The maximum Gasteiger partial charge on any atom is 0.251 e. The van der Waals surface area contributed by atoms with E-state index in [4.69, 9.17) is 11.6 Å². The molecule has 1 aromatic heterocycles. The van der Waals surface area contributed by atoms with Gasteiger partial charge in [-0.05, 0) is 37.5 Å². The van der Waals surface area contributed by atoms with Gasteiger partial charge in [-0.15, -0.1) is 16.4 Å². The minimum absolute atomic E-state index is 0.0273. The molecule has 0 spiro atoms. The summed E-state index contributed by atoms with van der Waals surface area (Å²) in [5.41, 5.74) is 7.32. The molecule has 0 aliphatic rings. The molecule has 0 fully saturated rings. The number of carbonyl (C=O) groups excluding carboxylic acids is 2. The van der Waals surface area contributed by atoms with Crippen LogP contribution in [0.2, 0.25) is 0 Å². The minimum atomic E-state index is -0.313. The topological polar surface area (TPSA) is 139 Å². The first-order valence-corrected chi connectivity index (χ1v) is 10.3. The highest BCUT2D eigenvalue weighted by atomic mass is 32.1. The van der Waals surface area contributed by atoms with Crippen molar-refractivity contribution in [1.29, 1.82) is 0 Å². The smallest absolute Gasteiger partial charge is 0.251 e. The molecule has 6 N–H and O–H groups in total. The first-order chi connectivity index (χ1) is 14.0. The first-order valence-electron chi connectivity index (χ1n) is 9.49. The van der Waals surface area contributed by atoms with Gasteiger partial charge in [0.15, 0.2) is 5.13 Å². The number of hydrogen-bond donors (Lipinski definition) is 4.